The van der Waals surface area contributed by atoms with Gasteiger partial charge in [-0.1, -0.05) is 0 Å². The van der Waals surface area contributed by atoms with Gasteiger partial charge in [-0.2, -0.15) is 5.10 Å². The van der Waals surface area contributed by atoms with E-state index in [1.165, 1.54) is 0 Å². The first-order valence-electron chi connectivity index (χ1n) is 7.12. The molecule has 0 aliphatic carbocycles. The van der Waals surface area contributed by atoms with Crippen molar-refractivity contribution in [2.75, 3.05) is 45.2 Å². The molecule has 110 valence electrons. The molecule has 0 saturated carbocycles. The Balaban J connectivity index is 1.85. The van der Waals surface area contributed by atoms with Crippen LogP contribution in [0.25, 0.3) is 0 Å². The lowest BCUT2D eigenvalue weighted by Crippen LogP contribution is -2.44. The number of hydrogen-bond acceptors (Lipinski definition) is 5. The van der Waals surface area contributed by atoms with Crippen molar-refractivity contribution in [2.45, 2.75) is 12.8 Å². The van der Waals surface area contributed by atoms with Crippen molar-refractivity contribution in [3.63, 3.8) is 0 Å². The number of piperidine rings is 1. The Kier molecular flexibility index (Phi) is 5.29. The molecule has 1 fully saturated rings. The summed E-state index contributed by atoms with van der Waals surface area (Å²) in [6.45, 7) is 3.24. The summed E-state index contributed by atoms with van der Waals surface area (Å²) in [5.41, 5.74) is 0. The molecule has 20 heavy (non-hydrogen) atoms. The molecule has 1 N–H and O–H groups in total. The summed E-state index contributed by atoms with van der Waals surface area (Å²) in [4.78, 5) is 16.4. The molecule has 1 aromatic heterocycles. The Bertz CT molecular complexity index is 423. The molecular weight excluding hydrogens is 254 g/mol. The van der Waals surface area contributed by atoms with Crippen LogP contribution in [0.4, 0.5) is 5.82 Å². The lowest BCUT2D eigenvalue weighted by atomic mass is 9.97. The molecule has 1 atom stereocenters. The van der Waals surface area contributed by atoms with Crippen molar-refractivity contribution >= 4 is 11.7 Å². The van der Waals surface area contributed by atoms with E-state index in [-0.39, 0.29) is 11.8 Å². The zero-order valence-electron chi connectivity index (χ0n) is 12.2. The first-order chi connectivity index (χ1) is 9.66. The highest BCUT2D eigenvalue weighted by Gasteiger charge is 2.26. The summed E-state index contributed by atoms with van der Waals surface area (Å²) < 4.78 is 0. The number of carbonyl (C=O) groups is 1. The van der Waals surface area contributed by atoms with Crippen molar-refractivity contribution in [1.29, 1.82) is 0 Å². The Labute approximate surface area is 120 Å². The second kappa shape index (κ2) is 7.19. The van der Waals surface area contributed by atoms with Gasteiger partial charge in [0.05, 0.1) is 5.92 Å². The molecular formula is C14H23N5O. The fourth-order valence-electron chi connectivity index (χ4n) is 2.41. The Hall–Kier alpha value is -1.69. The van der Waals surface area contributed by atoms with E-state index >= 15 is 0 Å². The molecule has 1 aliphatic heterocycles. The van der Waals surface area contributed by atoms with Crippen molar-refractivity contribution < 1.29 is 4.79 Å². The fourth-order valence-corrected chi connectivity index (χ4v) is 2.41. The molecule has 0 radical (unpaired) electrons. The topological polar surface area (TPSA) is 61.4 Å². The average molecular weight is 277 g/mol. The largest absolute Gasteiger partial charge is 0.355 e. The van der Waals surface area contributed by atoms with Gasteiger partial charge in [0.1, 0.15) is 0 Å². The summed E-state index contributed by atoms with van der Waals surface area (Å²) >= 11 is 0. The number of nitrogens with zero attached hydrogens (tertiary/aromatic N) is 4. The number of hydrogen-bond donors (Lipinski definition) is 1. The van der Waals surface area contributed by atoms with Crippen LogP contribution in [-0.2, 0) is 4.79 Å². The van der Waals surface area contributed by atoms with E-state index in [0.29, 0.717) is 6.54 Å². The first-order valence-corrected chi connectivity index (χ1v) is 7.12. The molecule has 6 heteroatoms. The molecule has 1 aliphatic rings. The number of anilines is 1. The van der Waals surface area contributed by atoms with Gasteiger partial charge in [0, 0.05) is 32.4 Å². The van der Waals surface area contributed by atoms with Crippen molar-refractivity contribution in [2.24, 2.45) is 5.92 Å². The number of rotatable bonds is 5. The normalized spacial score (nSPS) is 19.1. The maximum absolute atomic E-state index is 12.2. The van der Waals surface area contributed by atoms with Gasteiger partial charge in [-0.05, 0) is 39.1 Å². The van der Waals surface area contributed by atoms with E-state index in [9.17, 15) is 4.79 Å². The molecule has 1 amide bonds. The van der Waals surface area contributed by atoms with Crippen molar-refractivity contribution in [1.82, 2.24) is 20.4 Å². The minimum Gasteiger partial charge on any atom is -0.355 e. The molecule has 1 aromatic rings. The van der Waals surface area contributed by atoms with Crippen LogP contribution in [0.1, 0.15) is 12.8 Å². The third-order valence-electron chi connectivity index (χ3n) is 3.53. The monoisotopic (exact) mass is 277 g/mol. The van der Waals surface area contributed by atoms with Crippen LogP contribution in [0.5, 0.6) is 0 Å². The highest BCUT2D eigenvalue weighted by Crippen LogP contribution is 2.20. The zero-order valence-corrected chi connectivity index (χ0v) is 12.2. The van der Waals surface area contributed by atoms with Crippen molar-refractivity contribution in [3.8, 4) is 0 Å². The summed E-state index contributed by atoms with van der Waals surface area (Å²) in [6, 6.07) is 3.82. The summed E-state index contributed by atoms with van der Waals surface area (Å²) in [7, 11) is 4.01. The molecule has 0 unspecified atom stereocenters. The van der Waals surface area contributed by atoms with Gasteiger partial charge in [-0.25, -0.2) is 0 Å². The predicted octanol–water partition coefficient (Wildman–Crippen LogP) is 0.371. The van der Waals surface area contributed by atoms with Crippen molar-refractivity contribution in [3.05, 3.63) is 18.3 Å². The second-order valence-corrected chi connectivity index (χ2v) is 5.46. The van der Waals surface area contributed by atoms with Crippen LogP contribution in [0, 0.1) is 5.92 Å². The van der Waals surface area contributed by atoms with E-state index in [1.54, 1.807) is 6.20 Å². The Morgan fingerprint density at radius 2 is 2.40 bits per heavy atom. The molecule has 0 spiro atoms. The standard InChI is InChI=1S/C14H23N5O/c1-18(2)10-8-15-14(20)12-5-4-9-19(11-12)13-6-3-7-16-17-13/h3,6-7,12H,4-5,8-11H2,1-2H3,(H,15,20)/t12-/m0/s1. The minimum absolute atomic E-state index is 0.0490. The van der Waals surface area contributed by atoms with Gasteiger partial charge in [0.15, 0.2) is 5.82 Å². The molecule has 1 saturated heterocycles. The molecule has 6 nitrogen and oxygen atoms in total. The van der Waals surface area contributed by atoms with Gasteiger partial charge < -0.3 is 15.1 Å². The van der Waals surface area contributed by atoms with E-state index in [1.807, 2.05) is 26.2 Å². The third kappa shape index (κ3) is 4.16. The molecule has 0 bridgehead atoms. The van der Waals surface area contributed by atoms with Crippen LogP contribution >= 0.6 is 0 Å². The third-order valence-corrected chi connectivity index (χ3v) is 3.53. The lowest BCUT2D eigenvalue weighted by molar-refractivity contribution is -0.125. The quantitative estimate of drug-likeness (QED) is 0.842. The highest BCUT2D eigenvalue weighted by atomic mass is 16.1. The number of amides is 1. The Morgan fingerprint density at radius 3 is 3.10 bits per heavy atom. The van der Waals surface area contributed by atoms with Gasteiger partial charge in [-0.15, -0.1) is 5.10 Å². The summed E-state index contributed by atoms with van der Waals surface area (Å²) in [6.07, 6.45) is 3.63. The summed E-state index contributed by atoms with van der Waals surface area (Å²) in [5, 5.41) is 11.0. The molecule has 2 heterocycles. The minimum atomic E-state index is 0.0490. The summed E-state index contributed by atoms with van der Waals surface area (Å²) in [5.74, 6) is 1.06. The van der Waals surface area contributed by atoms with E-state index < -0.39 is 0 Å². The van der Waals surface area contributed by atoms with Crippen LogP contribution in [-0.4, -0.2) is 61.3 Å². The Morgan fingerprint density at radius 1 is 1.55 bits per heavy atom. The fraction of sp³-hybridized carbons (Fsp3) is 0.643. The van der Waals surface area contributed by atoms with Crippen LogP contribution in [0.2, 0.25) is 0 Å². The molecule has 2 rings (SSSR count). The van der Waals surface area contributed by atoms with Crippen LogP contribution < -0.4 is 10.2 Å². The van der Waals surface area contributed by atoms with Crippen LogP contribution in [0.15, 0.2) is 18.3 Å². The van der Waals surface area contributed by atoms with E-state index in [2.05, 4.69) is 25.3 Å². The van der Waals surface area contributed by atoms with E-state index in [0.717, 1.165) is 38.3 Å². The number of nitrogens with one attached hydrogen (secondary N) is 1. The zero-order chi connectivity index (χ0) is 14.4. The van der Waals surface area contributed by atoms with E-state index in [4.69, 9.17) is 0 Å². The predicted molar refractivity (Wildman–Crippen MR) is 78.5 cm³/mol. The average Bonchev–Trinajstić information content (AvgIpc) is 2.48. The maximum Gasteiger partial charge on any atom is 0.224 e. The van der Waals surface area contributed by atoms with Gasteiger partial charge in [0.2, 0.25) is 5.91 Å². The van der Waals surface area contributed by atoms with Crippen LogP contribution in [0.3, 0.4) is 0 Å². The van der Waals surface area contributed by atoms with Gasteiger partial charge >= 0.3 is 0 Å². The van der Waals surface area contributed by atoms with Gasteiger partial charge in [-0.3, -0.25) is 4.79 Å². The van der Waals surface area contributed by atoms with Gasteiger partial charge in [0.25, 0.3) is 0 Å². The SMILES string of the molecule is CN(C)CCNC(=O)[C@H]1CCCN(c2cccnn2)C1. The smallest absolute Gasteiger partial charge is 0.224 e. The number of aromatic nitrogens is 2. The first kappa shape index (κ1) is 14.7. The molecule has 0 aromatic carbocycles. The number of likely N-dealkylation sites (N-methyl/N-ethyl adjacent to an activating group) is 1. The lowest BCUT2D eigenvalue weighted by Gasteiger charge is -2.32. The second-order valence-electron chi connectivity index (χ2n) is 5.46. The maximum atomic E-state index is 12.2. The highest BCUT2D eigenvalue weighted by molar-refractivity contribution is 5.79. The number of carbonyl (C=O) groups excluding carboxylic acids is 1.